The minimum absolute atomic E-state index is 0.0734. The molecule has 1 atom stereocenters. The van der Waals surface area contributed by atoms with Crippen LogP contribution in [0.3, 0.4) is 0 Å². The number of nitrogens with zero attached hydrogens (tertiary/aromatic N) is 1. The van der Waals surface area contributed by atoms with Crippen molar-refractivity contribution in [2.45, 2.75) is 25.7 Å². The third kappa shape index (κ3) is 5.91. The van der Waals surface area contributed by atoms with Crippen LogP contribution in [0.2, 0.25) is 0 Å². The minimum atomic E-state index is -0.555. The molecule has 38 heavy (non-hydrogen) atoms. The van der Waals surface area contributed by atoms with Gasteiger partial charge in [0.1, 0.15) is 0 Å². The normalized spacial score (nSPS) is 14.0. The highest BCUT2D eigenvalue weighted by atomic mass is 32.2. The van der Waals surface area contributed by atoms with Gasteiger partial charge in [-0.1, -0.05) is 48.5 Å². The highest BCUT2D eigenvalue weighted by Gasteiger charge is 2.32. The lowest BCUT2D eigenvalue weighted by Crippen LogP contribution is -2.37. The smallest absolute Gasteiger partial charge is 0.343 e. The second kappa shape index (κ2) is 12.7. The van der Waals surface area contributed by atoms with Crippen molar-refractivity contribution < 1.29 is 28.9 Å². The van der Waals surface area contributed by atoms with E-state index in [4.69, 9.17) is 14.2 Å². The van der Waals surface area contributed by atoms with Gasteiger partial charge < -0.3 is 24.2 Å². The van der Waals surface area contributed by atoms with E-state index in [2.05, 4.69) is 0 Å². The number of ether oxygens (including phenoxy) is 3. The summed E-state index contributed by atoms with van der Waals surface area (Å²) in [6, 6.07) is 18.4. The van der Waals surface area contributed by atoms with Gasteiger partial charge in [0.25, 0.3) is 0 Å². The molecule has 3 aromatic carbocycles. The molecular formula is C30H33NO6S. The number of hydrogen-bond acceptors (Lipinski definition) is 7. The molecule has 0 aliphatic carbocycles. The Morgan fingerprint density at radius 2 is 1.53 bits per heavy atom. The maximum Gasteiger partial charge on any atom is 0.343 e. The zero-order valence-electron chi connectivity index (χ0n) is 21.9. The van der Waals surface area contributed by atoms with Crippen molar-refractivity contribution >= 4 is 23.6 Å². The molecular weight excluding hydrogens is 502 g/mol. The summed E-state index contributed by atoms with van der Waals surface area (Å²) in [6.07, 6.45) is 0.777. The lowest BCUT2D eigenvalue weighted by Gasteiger charge is -2.28. The van der Waals surface area contributed by atoms with Gasteiger partial charge in [-0.05, 0) is 31.0 Å². The lowest BCUT2D eigenvalue weighted by atomic mass is 9.83. The Kier molecular flexibility index (Phi) is 9.18. The number of phenolic OH excluding ortho intramolecular Hbond substituents is 1. The van der Waals surface area contributed by atoms with E-state index < -0.39 is 5.97 Å². The molecule has 3 aromatic rings. The maximum absolute atomic E-state index is 13.1. The third-order valence-electron chi connectivity index (χ3n) is 6.80. The molecule has 8 heteroatoms. The Morgan fingerprint density at radius 3 is 2.13 bits per heavy atom. The molecule has 0 bridgehead atoms. The van der Waals surface area contributed by atoms with Gasteiger partial charge >= 0.3 is 5.97 Å². The van der Waals surface area contributed by atoms with E-state index in [1.807, 2.05) is 53.1 Å². The predicted molar refractivity (Wildman–Crippen MR) is 149 cm³/mol. The molecule has 1 saturated heterocycles. The van der Waals surface area contributed by atoms with Crippen LogP contribution in [0, 0.1) is 6.92 Å². The van der Waals surface area contributed by atoms with Gasteiger partial charge in [0.2, 0.25) is 17.4 Å². The maximum atomic E-state index is 13.1. The number of amides is 1. The molecule has 0 spiro atoms. The van der Waals surface area contributed by atoms with E-state index in [0.717, 1.165) is 30.2 Å². The average molecular weight is 536 g/mol. The fraction of sp³-hybridized carbons (Fsp3) is 0.333. The van der Waals surface area contributed by atoms with Crippen LogP contribution in [0.1, 0.15) is 45.8 Å². The zero-order chi connectivity index (χ0) is 27.1. The predicted octanol–water partition coefficient (Wildman–Crippen LogP) is 5.42. The highest BCUT2D eigenvalue weighted by molar-refractivity contribution is 7.99. The summed E-state index contributed by atoms with van der Waals surface area (Å²) in [5.41, 5.74) is 2.39. The van der Waals surface area contributed by atoms with Crippen molar-refractivity contribution in [2.24, 2.45) is 0 Å². The van der Waals surface area contributed by atoms with E-state index in [1.54, 1.807) is 31.2 Å². The Hall–Kier alpha value is -3.65. The van der Waals surface area contributed by atoms with Crippen LogP contribution in [0.4, 0.5) is 0 Å². The highest BCUT2D eigenvalue weighted by Crippen LogP contribution is 2.53. The van der Waals surface area contributed by atoms with Crippen LogP contribution >= 0.6 is 11.8 Å². The van der Waals surface area contributed by atoms with Crippen LogP contribution in [0.15, 0.2) is 60.7 Å². The summed E-state index contributed by atoms with van der Waals surface area (Å²) in [6.45, 7) is 3.28. The summed E-state index contributed by atoms with van der Waals surface area (Å²) in [4.78, 5) is 28.0. The Balaban J connectivity index is 1.77. The van der Waals surface area contributed by atoms with Gasteiger partial charge in [0.05, 0.1) is 19.8 Å². The molecule has 1 aliphatic heterocycles. The number of esters is 1. The quantitative estimate of drug-likeness (QED) is 0.289. The molecule has 0 radical (unpaired) electrons. The van der Waals surface area contributed by atoms with Crippen LogP contribution in [-0.2, 0) is 4.79 Å². The average Bonchev–Trinajstić information content (AvgIpc) is 2.97. The first-order valence-electron chi connectivity index (χ1n) is 12.6. The van der Waals surface area contributed by atoms with E-state index in [0.29, 0.717) is 29.5 Å². The molecule has 1 N–H and O–H groups in total. The summed E-state index contributed by atoms with van der Waals surface area (Å²) in [7, 11) is 2.86. The molecule has 0 aromatic heterocycles. The van der Waals surface area contributed by atoms with E-state index in [9.17, 15) is 14.7 Å². The van der Waals surface area contributed by atoms with Crippen LogP contribution in [0.5, 0.6) is 23.0 Å². The van der Waals surface area contributed by atoms with Crippen LogP contribution in [0.25, 0.3) is 0 Å². The van der Waals surface area contributed by atoms with E-state index in [-0.39, 0.29) is 34.8 Å². The van der Waals surface area contributed by atoms with Gasteiger partial charge in [-0.3, -0.25) is 4.79 Å². The third-order valence-corrected chi connectivity index (χ3v) is 7.74. The van der Waals surface area contributed by atoms with Crippen molar-refractivity contribution in [1.29, 1.82) is 0 Å². The van der Waals surface area contributed by atoms with Crippen molar-refractivity contribution in [3.63, 3.8) is 0 Å². The number of carbonyl (C=O) groups is 2. The lowest BCUT2D eigenvalue weighted by molar-refractivity contribution is -0.131. The molecule has 1 aliphatic rings. The zero-order valence-corrected chi connectivity index (χ0v) is 22.8. The summed E-state index contributed by atoms with van der Waals surface area (Å²) >= 11 is 1.86. The molecule has 4 rings (SSSR count). The van der Waals surface area contributed by atoms with Gasteiger partial charge in [-0.25, -0.2) is 4.79 Å². The molecule has 1 heterocycles. The standard InChI is InChI=1S/C30H33NO6S/c1-20-25(23(21-10-6-4-7-11-21)14-15-24(32)31-16-18-38-19-17-31)26(33)28(35-2)29(36-3)27(20)37-30(34)22-12-8-5-9-13-22/h4-13,23,33H,14-19H2,1-3H3. The Bertz CT molecular complexity index is 1260. The van der Waals surface area contributed by atoms with Gasteiger partial charge in [-0.15, -0.1) is 0 Å². The second-order valence-corrected chi connectivity index (χ2v) is 10.3. The summed E-state index contributed by atoms with van der Waals surface area (Å²) in [5, 5.41) is 11.5. The van der Waals surface area contributed by atoms with Crippen molar-refractivity contribution in [2.75, 3.05) is 38.8 Å². The van der Waals surface area contributed by atoms with Crippen LogP contribution < -0.4 is 14.2 Å². The van der Waals surface area contributed by atoms with Crippen molar-refractivity contribution in [3.05, 3.63) is 82.9 Å². The number of aromatic hydroxyl groups is 1. The molecule has 1 amide bonds. The number of benzene rings is 3. The SMILES string of the molecule is COc1c(O)c(C(CCC(=O)N2CCSCC2)c2ccccc2)c(C)c(OC(=O)c2ccccc2)c1OC. The Morgan fingerprint density at radius 1 is 0.921 bits per heavy atom. The van der Waals surface area contributed by atoms with E-state index >= 15 is 0 Å². The number of hydrogen-bond donors (Lipinski definition) is 1. The van der Waals surface area contributed by atoms with Crippen molar-refractivity contribution in [3.8, 4) is 23.0 Å². The van der Waals surface area contributed by atoms with Gasteiger partial charge in [0, 0.05) is 48.1 Å². The minimum Gasteiger partial charge on any atom is -0.504 e. The van der Waals surface area contributed by atoms with E-state index in [1.165, 1.54) is 14.2 Å². The van der Waals surface area contributed by atoms with Gasteiger partial charge in [-0.2, -0.15) is 11.8 Å². The number of thioether (sulfide) groups is 1. The number of methoxy groups -OCH3 is 2. The summed E-state index contributed by atoms with van der Waals surface area (Å²) in [5.74, 6) is 1.35. The molecule has 7 nitrogen and oxygen atoms in total. The van der Waals surface area contributed by atoms with Gasteiger partial charge in [0.15, 0.2) is 11.5 Å². The number of phenols is 1. The Labute approximate surface area is 227 Å². The number of carbonyl (C=O) groups excluding carboxylic acids is 2. The topological polar surface area (TPSA) is 85.3 Å². The first-order valence-corrected chi connectivity index (χ1v) is 13.8. The first-order chi connectivity index (χ1) is 18.5. The summed E-state index contributed by atoms with van der Waals surface area (Å²) < 4.78 is 17.0. The van der Waals surface area contributed by atoms with Crippen LogP contribution in [-0.4, -0.2) is 60.7 Å². The second-order valence-electron chi connectivity index (χ2n) is 9.03. The fourth-order valence-electron chi connectivity index (χ4n) is 4.85. The largest absolute Gasteiger partial charge is 0.504 e. The molecule has 1 unspecified atom stereocenters. The molecule has 1 fully saturated rings. The fourth-order valence-corrected chi connectivity index (χ4v) is 5.76. The molecule has 200 valence electrons. The van der Waals surface area contributed by atoms with Crippen molar-refractivity contribution in [1.82, 2.24) is 4.90 Å². The number of rotatable bonds is 9. The first kappa shape index (κ1) is 27.4. The monoisotopic (exact) mass is 535 g/mol. The molecule has 0 saturated carbocycles.